The Balaban J connectivity index is 2.48. The molecule has 9 nitrogen and oxygen atoms in total. The van der Waals surface area contributed by atoms with Crippen molar-refractivity contribution in [2.75, 3.05) is 14.2 Å². The van der Waals surface area contributed by atoms with E-state index in [0.717, 1.165) is 0 Å². The number of hydrogen-bond donors (Lipinski definition) is 0. The van der Waals surface area contributed by atoms with Crippen LogP contribution in [0.25, 0.3) is 0 Å². The van der Waals surface area contributed by atoms with E-state index >= 15 is 0 Å². The molecule has 0 aliphatic rings. The molecule has 1 aromatic carbocycles. The maximum Gasteiger partial charge on any atom is 0.274 e. The van der Waals surface area contributed by atoms with Gasteiger partial charge in [-0.2, -0.15) is 5.10 Å². The summed E-state index contributed by atoms with van der Waals surface area (Å²) in [6.07, 6.45) is 4.17. The maximum absolute atomic E-state index is 10.9. The quantitative estimate of drug-likeness (QED) is 0.460. The van der Waals surface area contributed by atoms with Gasteiger partial charge in [-0.1, -0.05) is 0 Å². The highest BCUT2D eigenvalue weighted by atomic mass is 16.6. The normalized spacial score (nSPS) is 10.7. The third-order valence-corrected chi connectivity index (χ3v) is 2.44. The van der Waals surface area contributed by atoms with Crippen molar-refractivity contribution in [3.05, 3.63) is 40.5 Å². The van der Waals surface area contributed by atoms with E-state index in [1.807, 2.05) is 0 Å². The summed E-state index contributed by atoms with van der Waals surface area (Å²) in [6.45, 7) is 0. The summed E-state index contributed by atoms with van der Waals surface area (Å²) in [5.41, 5.74) is 0.292. The number of non-ortho nitro benzene ring substituents is 1. The van der Waals surface area contributed by atoms with Crippen LogP contribution in [-0.4, -0.2) is 40.2 Å². The molecule has 0 amide bonds. The smallest absolute Gasteiger partial charge is 0.274 e. The fraction of sp³-hybridized carbons (Fsp3) is 0.182. The first kappa shape index (κ1) is 13.5. The van der Waals surface area contributed by atoms with Crippen LogP contribution >= 0.6 is 0 Å². The average Bonchev–Trinajstić information content (AvgIpc) is 2.96. The van der Waals surface area contributed by atoms with Crippen LogP contribution in [0.1, 0.15) is 5.56 Å². The molecule has 0 saturated carbocycles. The lowest BCUT2D eigenvalue weighted by molar-refractivity contribution is -0.385. The Morgan fingerprint density at radius 2 is 2.00 bits per heavy atom. The van der Waals surface area contributed by atoms with Gasteiger partial charge in [0.25, 0.3) is 5.69 Å². The van der Waals surface area contributed by atoms with Crippen LogP contribution in [0.4, 0.5) is 5.69 Å². The van der Waals surface area contributed by atoms with E-state index in [4.69, 9.17) is 9.47 Å². The van der Waals surface area contributed by atoms with Crippen LogP contribution in [0.3, 0.4) is 0 Å². The molecule has 0 radical (unpaired) electrons. The third kappa shape index (κ3) is 2.71. The van der Waals surface area contributed by atoms with Crippen molar-refractivity contribution in [1.82, 2.24) is 14.9 Å². The summed E-state index contributed by atoms with van der Waals surface area (Å²) < 4.78 is 11.6. The van der Waals surface area contributed by atoms with Gasteiger partial charge in [-0.3, -0.25) is 10.1 Å². The summed E-state index contributed by atoms with van der Waals surface area (Å²) in [5.74, 6) is 0.613. The number of nitrogens with zero attached hydrogens (tertiary/aromatic N) is 5. The number of benzene rings is 1. The summed E-state index contributed by atoms with van der Waals surface area (Å²) >= 11 is 0. The van der Waals surface area contributed by atoms with E-state index < -0.39 is 4.92 Å². The van der Waals surface area contributed by atoms with Crippen LogP contribution in [0.15, 0.2) is 29.9 Å². The molecule has 104 valence electrons. The summed E-state index contributed by atoms with van der Waals surface area (Å²) in [6, 6.07) is 2.63. The molecule has 0 aliphatic heterocycles. The van der Waals surface area contributed by atoms with Gasteiger partial charge in [-0.05, 0) is 0 Å². The molecule has 1 aromatic heterocycles. The molecular formula is C11H11N5O4. The van der Waals surface area contributed by atoms with Crippen molar-refractivity contribution in [3.63, 3.8) is 0 Å². The zero-order chi connectivity index (χ0) is 14.5. The predicted octanol–water partition coefficient (Wildman–Crippen LogP) is 1.09. The van der Waals surface area contributed by atoms with Gasteiger partial charge in [0.05, 0.1) is 31.4 Å². The number of nitro groups is 1. The molecule has 0 unspecified atom stereocenters. The van der Waals surface area contributed by atoms with Gasteiger partial charge in [0, 0.05) is 11.6 Å². The second-order valence-electron chi connectivity index (χ2n) is 3.61. The van der Waals surface area contributed by atoms with E-state index in [1.54, 1.807) is 0 Å². The van der Waals surface area contributed by atoms with Gasteiger partial charge in [0.15, 0.2) is 11.5 Å². The summed E-state index contributed by atoms with van der Waals surface area (Å²) in [7, 11) is 2.85. The summed E-state index contributed by atoms with van der Waals surface area (Å²) in [5, 5.41) is 22.1. The molecule has 0 bridgehead atoms. The SMILES string of the molecule is COc1cc([N+](=O)[O-])cc(/C=N/n2cnnc2)c1OC. The Hall–Kier alpha value is -2.97. The zero-order valence-corrected chi connectivity index (χ0v) is 10.8. The molecular weight excluding hydrogens is 266 g/mol. The van der Waals surface area contributed by atoms with E-state index in [2.05, 4.69) is 15.3 Å². The van der Waals surface area contributed by atoms with Crippen LogP contribution in [0, 0.1) is 10.1 Å². The maximum atomic E-state index is 10.9. The molecule has 0 N–H and O–H groups in total. The molecule has 0 saturated heterocycles. The Labute approximate surface area is 113 Å². The number of nitro benzene ring substituents is 1. The number of methoxy groups -OCH3 is 2. The number of aromatic nitrogens is 3. The van der Waals surface area contributed by atoms with Crippen molar-refractivity contribution in [3.8, 4) is 11.5 Å². The molecule has 0 atom stereocenters. The highest BCUT2D eigenvalue weighted by molar-refractivity contribution is 5.86. The highest BCUT2D eigenvalue weighted by Gasteiger charge is 2.17. The van der Waals surface area contributed by atoms with Gasteiger partial charge in [0.2, 0.25) is 0 Å². The fourth-order valence-corrected chi connectivity index (χ4v) is 1.56. The predicted molar refractivity (Wildman–Crippen MR) is 69.2 cm³/mol. The average molecular weight is 277 g/mol. The number of rotatable bonds is 5. The largest absolute Gasteiger partial charge is 0.493 e. The van der Waals surface area contributed by atoms with Gasteiger partial charge in [-0.25, -0.2) is 4.68 Å². The number of ether oxygens (including phenoxy) is 2. The highest BCUT2D eigenvalue weighted by Crippen LogP contribution is 2.34. The molecule has 0 aliphatic carbocycles. The minimum atomic E-state index is -0.516. The Kier molecular flexibility index (Phi) is 3.89. The number of hydrogen-bond acceptors (Lipinski definition) is 7. The zero-order valence-electron chi connectivity index (χ0n) is 10.8. The topological polar surface area (TPSA) is 105 Å². The molecule has 0 fully saturated rings. The van der Waals surface area contributed by atoms with Gasteiger partial charge >= 0.3 is 0 Å². The van der Waals surface area contributed by atoms with E-state index in [-0.39, 0.29) is 11.4 Å². The lowest BCUT2D eigenvalue weighted by atomic mass is 10.1. The Morgan fingerprint density at radius 3 is 2.55 bits per heavy atom. The lowest BCUT2D eigenvalue weighted by Crippen LogP contribution is -1.99. The van der Waals surface area contributed by atoms with Gasteiger partial charge in [0.1, 0.15) is 12.7 Å². The van der Waals surface area contributed by atoms with Crippen LogP contribution < -0.4 is 9.47 Å². The van der Waals surface area contributed by atoms with Crippen molar-refractivity contribution in [2.24, 2.45) is 5.10 Å². The summed E-state index contributed by atoms with van der Waals surface area (Å²) in [4.78, 5) is 10.4. The van der Waals surface area contributed by atoms with Gasteiger partial charge in [-0.15, -0.1) is 10.2 Å². The first-order chi connectivity index (χ1) is 9.65. The minimum Gasteiger partial charge on any atom is -0.493 e. The Bertz CT molecular complexity index is 639. The van der Waals surface area contributed by atoms with E-state index in [0.29, 0.717) is 11.3 Å². The third-order valence-electron chi connectivity index (χ3n) is 2.44. The molecule has 9 heteroatoms. The monoisotopic (exact) mass is 277 g/mol. The van der Waals surface area contributed by atoms with Crippen LogP contribution in [0.5, 0.6) is 11.5 Å². The van der Waals surface area contributed by atoms with Crippen molar-refractivity contribution >= 4 is 11.9 Å². The lowest BCUT2D eigenvalue weighted by Gasteiger charge is -2.09. The van der Waals surface area contributed by atoms with Crippen molar-refractivity contribution in [1.29, 1.82) is 0 Å². The second-order valence-corrected chi connectivity index (χ2v) is 3.61. The van der Waals surface area contributed by atoms with E-state index in [1.165, 1.54) is 49.9 Å². The standard InChI is InChI=1S/C11H11N5O4/c1-19-10-4-9(16(17)18)3-8(11(10)20-2)5-14-15-6-12-13-7-15/h3-7H,1-2H3/b14-5+. The van der Waals surface area contributed by atoms with Crippen LogP contribution in [0.2, 0.25) is 0 Å². The van der Waals surface area contributed by atoms with Crippen molar-refractivity contribution in [2.45, 2.75) is 0 Å². The Morgan fingerprint density at radius 1 is 1.30 bits per heavy atom. The van der Waals surface area contributed by atoms with Crippen LogP contribution in [-0.2, 0) is 0 Å². The molecule has 2 aromatic rings. The van der Waals surface area contributed by atoms with Gasteiger partial charge < -0.3 is 9.47 Å². The molecule has 0 spiro atoms. The first-order valence-corrected chi connectivity index (χ1v) is 5.45. The molecule has 2 rings (SSSR count). The molecule has 20 heavy (non-hydrogen) atoms. The van der Waals surface area contributed by atoms with Crippen molar-refractivity contribution < 1.29 is 14.4 Å². The minimum absolute atomic E-state index is 0.118. The first-order valence-electron chi connectivity index (χ1n) is 5.45. The second kappa shape index (κ2) is 5.78. The fourth-order valence-electron chi connectivity index (χ4n) is 1.56. The molecule has 1 heterocycles. The van der Waals surface area contributed by atoms with E-state index in [9.17, 15) is 10.1 Å².